The van der Waals surface area contributed by atoms with E-state index in [9.17, 15) is 0 Å². The summed E-state index contributed by atoms with van der Waals surface area (Å²) in [6.45, 7) is 10.2. The van der Waals surface area contributed by atoms with E-state index in [1.54, 1.807) is 0 Å². The summed E-state index contributed by atoms with van der Waals surface area (Å²) in [7, 11) is 0. The van der Waals surface area contributed by atoms with Gasteiger partial charge in [0.25, 0.3) is 0 Å². The molecule has 0 aromatic heterocycles. The SMILES string of the molecule is CCNC(C)c1ccc(N2CCC(CC)C2)cc1. The highest BCUT2D eigenvalue weighted by Gasteiger charge is 2.20. The summed E-state index contributed by atoms with van der Waals surface area (Å²) < 4.78 is 0. The van der Waals surface area contributed by atoms with Crippen molar-refractivity contribution >= 4 is 5.69 Å². The van der Waals surface area contributed by atoms with Crippen LogP contribution in [0, 0.1) is 5.92 Å². The monoisotopic (exact) mass is 246 g/mol. The van der Waals surface area contributed by atoms with Gasteiger partial charge in [-0.15, -0.1) is 0 Å². The number of hydrogen-bond acceptors (Lipinski definition) is 2. The molecular formula is C16H26N2. The van der Waals surface area contributed by atoms with Crippen molar-refractivity contribution in [3.05, 3.63) is 29.8 Å². The predicted octanol–water partition coefficient (Wildman–Crippen LogP) is 3.59. The Morgan fingerprint density at radius 1 is 1.28 bits per heavy atom. The van der Waals surface area contributed by atoms with E-state index < -0.39 is 0 Å². The molecule has 2 heteroatoms. The maximum Gasteiger partial charge on any atom is 0.0366 e. The molecule has 100 valence electrons. The summed E-state index contributed by atoms with van der Waals surface area (Å²) in [6.07, 6.45) is 2.66. The Bertz CT molecular complexity index is 358. The first kappa shape index (κ1) is 13.4. The Morgan fingerprint density at radius 3 is 2.56 bits per heavy atom. The van der Waals surface area contributed by atoms with E-state index in [0.717, 1.165) is 12.5 Å². The van der Waals surface area contributed by atoms with Gasteiger partial charge >= 0.3 is 0 Å². The van der Waals surface area contributed by atoms with Gasteiger partial charge in [0.2, 0.25) is 0 Å². The first-order valence-corrected chi connectivity index (χ1v) is 7.32. The average molecular weight is 246 g/mol. The quantitative estimate of drug-likeness (QED) is 0.854. The minimum Gasteiger partial charge on any atom is -0.371 e. The van der Waals surface area contributed by atoms with E-state index in [0.29, 0.717) is 6.04 Å². The van der Waals surface area contributed by atoms with Crippen molar-refractivity contribution in [2.45, 2.75) is 39.7 Å². The Labute approximate surface area is 111 Å². The van der Waals surface area contributed by atoms with Crippen LogP contribution in [0.2, 0.25) is 0 Å². The zero-order valence-corrected chi connectivity index (χ0v) is 11.9. The highest BCUT2D eigenvalue weighted by Crippen LogP contribution is 2.26. The summed E-state index contributed by atoms with van der Waals surface area (Å²) in [5, 5.41) is 3.45. The van der Waals surface area contributed by atoms with Crippen LogP contribution < -0.4 is 10.2 Å². The largest absolute Gasteiger partial charge is 0.371 e. The molecular weight excluding hydrogens is 220 g/mol. The molecule has 1 aliphatic heterocycles. The minimum atomic E-state index is 0.450. The van der Waals surface area contributed by atoms with Gasteiger partial charge in [0.15, 0.2) is 0 Å². The Morgan fingerprint density at radius 2 is 2.00 bits per heavy atom. The summed E-state index contributed by atoms with van der Waals surface area (Å²) in [6, 6.07) is 9.54. The van der Waals surface area contributed by atoms with Crippen molar-refractivity contribution in [1.82, 2.24) is 5.32 Å². The molecule has 18 heavy (non-hydrogen) atoms. The van der Waals surface area contributed by atoms with Crippen LogP contribution in [0.1, 0.15) is 45.2 Å². The van der Waals surface area contributed by atoms with Crippen molar-refractivity contribution in [1.29, 1.82) is 0 Å². The molecule has 0 bridgehead atoms. The third kappa shape index (κ3) is 3.05. The van der Waals surface area contributed by atoms with Gasteiger partial charge in [-0.2, -0.15) is 0 Å². The topological polar surface area (TPSA) is 15.3 Å². The van der Waals surface area contributed by atoms with Gasteiger partial charge < -0.3 is 10.2 Å². The van der Waals surface area contributed by atoms with Crippen LogP contribution in [0.15, 0.2) is 24.3 Å². The maximum atomic E-state index is 3.45. The van der Waals surface area contributed by atoms with Gasteiger partial charge in [-0.3, -0.25) is 0 Å². The number of anilines is 1. The van der Waals surface area contributed by atoms with E-state index in [2.05, 4.69) is 55.3 Å². The normalized spacial score (nSPS) is 21.3. The molecule has 1 aromatic carbocycles. The van der Waals surface area contributed by atoms with Crippen molar-refractivity contribution in [3.8, 4) is 0 Å². The number of benzene rings is 1. The van der Waals surface area contributed by atoms with E-state index in [1.807, 2.05) is 0 Å². The fourth-order valence-electron chi connectivity index (χ4n) is 2.80. The lowest BCUT2D eigenvalue weighted by Crippen LogP contribution is -2.20. The van der Waals surface area contributed by atoms with E-state index in [1.165, 1.54) is 37.2 Å². The third-order valence-corrected chi connectivity index (χ3v) is 4.13. The average Bonchev–Trinajstić information content (AvgIpc) is 2.88. The molecule has 1 aromatic rings. The highest BCUT2D eigenvalue weighted by atomic mass is 15.1. The fourth-order valence-corrected chi connectivity index (χ4v) is 2.80. The van der Waals surface area contributed by atoms with Crippen LogP contribution >= 0.6 is 0 Å². The second kappa shape index (κ2) is 6.24. The molecule has 0 amide bonds. The number of hydrogen-bond donors (Lipinski definition) is 1. The van der Waals surface area contributed by atoms with Gasteiger partial charge in [-0.1, -0.05) is 32.4 Å². The molecule has 0 radical (unpaired) electrons. The van der Waals surface area contributed by atoms with Crippen LogP contribution in [-0.2, 0) is 0 Å². The summed E-state index contributed by atoms with van der Waals surface area (Å²) in [5.74, 6) is 0.894. The molecule has 1 aliphatic rings. The van der Waals surface area contributed by atoms with E-state index in [-0.39, 0.29) is 0 Å². The van der Waals surface area contributed by atoms with Crippen molar-refractivity contribution in [3.63, 3.8) is 0 Å². The smallest absolute Gasteiger partial charge is 0.0366 e. The maximum absolute atomic E-state index is 3.45. The molecule has 2 unspecified atom stereocenters. The minimum absolute atomic E-state index is 0.450. The molecule has 0 saturated carbocycles. The highest BCUT2D eigenvalue weighted by molar-refractivity contribution is 5.48. The summed E-state index contributed by atoms with van der Waals surface area (Å²) in [4.78, 5) is 2.52. The lowest BCUT2D eigenvalue weighted by atomic mass is 10.1. The molecule has 1 fully saturated rings. The van der Waals surface area contributed by atoms with E-state index in [4.69, 9.17) is 0 Å². The molecule has 2 rings (SSSR count). The van der Waals surface area contributed by atoms with Crippen molar-refractivity contribution in [2.75, 3.05) is 24.5 Å². The van der Waals surface area contributed by atoms with Gasteiger partial charge in [0.05, 0.1) is 0 Å². The molecule has 1 heterocycles. The third-order valence-electron chi connectivity index (χ3n) is 4.13. The van der Waals surface area contributed by atoms with Crippen LogP contribution in [-0.4, -0.2) is 19.6 Å². The van der Waals surface area contributed by atoms with Crippen LogP contribution in [0.3, 0.4) is 0 Å². The van der Waals surface area contributed by atoms with Gasteiger partial charge in [0.1, 0.15) is 0 Å². The Kier molecular flexibility index (Phi) is 4.65. The number of nitrogens with zero attached hydrogens (tertiary/aromatic N) is 1. The van der Waals surface area contributed by atoms with Gasteiger partial charge in [-0.05, 0) is 43.5 Å². The predicted molar refractivity (Wildman–Crippen MR) is 79.1 cm³/mol. The number of nitrogens with one attached hydrogen (secondary N) is 1. The van der Waals surface area contributed by atoms with Crippen LogP contribution in [0.4, 0.5) is 5.69 Å². The fraction of sp³-hybridized carbons (Fsp3) is 0.625. The number of rotatable bonds is 5. The van der Waals surface area contributed by atoms with Gasteiger partial charge in [-0.25, -0.2) is 0 Å². The van der Waals surface area contributed by atoms with Gasteiger partial charge in [0, 0.05) is 24.8 Å². The molecule has 1 N–H and O–H groups in total. The molecule has 2 atom stereocenters. The Hall–Kier alpha value is -1.02. The summed E-state index contributed by atoms with van der Waals surface area (Å²) in [5.41, 5.74) is 2.77. The Balaban J connectivity index is 1.99. The van der Waals surface area contributed by atoms with E-state index >= 15 is 0 Å². The van der Waals surface area contributed by atoms with Crippen molar-refractivity contribution < 1.29 is 0 Å². The second-order valence-corrected chi connectivity index (χ2v) is 5.38. The summed E-state index contributed by atoms with van der Waals surface area (Å²) >= 11 is 0. The van der Waals surface area contributed by atoms with Crippen LogP contribution in [0.25, 0.3) is 0 Å². The lowest BCUT2D eigenvalue weighted by Gasteiger charge is -2.20. The molecule has 2 nitrogen and oxygen atoms in total. The zero-order chi connectivity index (χ0) is 13.0. The van der Waals surface area contributed by atoms with Crippen LogP contribution in [0.5, 0.6) is 0 Å². The molecule has 0 spiro atoms. The lowest BCUT2D eigenvalue weighted by molar-refractivity contribution is 0.569. The standard InChI is InChI=1S/C16H26N2/c1-4-14-10-11-18(12-14)16-8-6-15(7-9-16)13(3)17-5-2/h6-9,13-14,17H,4-5,10-12H2,1-3H3. The second-order valence-electron chi connectivity index (χ2n) is 5.38. The molecule has 0 aliphatic carbocycles. The first-order valence-electron chi connectivity index (χ1n) is 7.32. The molecule has 1 saturated heterocycles. The first-order chi connectivity index (χ1) is 8.74. The zero-order valence-electron chi connectivity index (χ0n) is 11.9. The van der Waals surface area contributed by atoms with Crippen molar-refractivity contribution in [2.24, 2.45) is 5.92 Å².